The average Bonchev–Trinajstić information content (AvgIpc) is 2.05. The second-order valence-electron chi connectivity index (χ2n) is 2.73. The SMILES string of the molecule is CC(N)=CC(=N)C1C=CC=CN1. The molecule has 1 heterocycles. The molecule has 1 aliphatic rings. The van der Waals surface area contributed by atoms with Crippen molar-refractivity contribution in [1.82, 2.24) is 5.32 Å². The fraction of sp³-hybridized carbons (Fsp3) is 0.222. The van der Waals surface area contributed by atoms with Gasteiger partial charge in [0.05, 0.1) is 11.8 Å². The van der Waals surface area contributed by atoms with Gasteiger partial charge in [-0.2, -0.15) is 0 Å². The molecule has 1 unspecified atom stereocenters. The minimum Gasteiger partial charge on any atom is -0.402 e. The van der Waals surface area contributed by atoms with Crippen molar-refractivity contribution in [1.29, 1.82) is 5.41 Å². The Hall–Kier alpha value is -1.51. The molecule has 0 aromatic rings. The topological polar surface area (TPSA) is 61.9 Å². The molecule has 0 fully saturated rings. The van der Waals surface area contributed by atoms with Gasteiger partial charge in [0.2, 0.25) is 0 Å². The standard InChI is InChI=1S/C9H13N3/c1-7(10)6-8(11)9-4-2-3-5-12-9/h2-6,9,11-12H,10H2,1H3. The van der Waals surface area contributed by atoms with Crippen LogP contribution in [0, 0.1) is 5.41 Å². The molecule has 0 aromatic heterocycles. The van der Waals surface area contributed by atoms with Crippen LogP contribution in [0.1, 0.15) is 6.92 Å². The van der Waals surface area contributed by atoms with Crippen molar-refractivity contribution in [2.24, 2.45) is 5.73 Å². The van der Waals surface area contributed by atoms with Crippen molar-refractivity contribution >= 4 is 5.71 Å². The van der Waals surface area contributed by atoms with Crippen LogP contribution < -0.4 is 11.1 Å². The number of hydrogen-bond acceptors (Lipinski definition) is 3. The molecule has 0 bridgehead atoms. The zero-order chi connectivity index (χ0) is 8.97. The molecule has 0 aliphatic carbocycles. The van der Waals surface area contributed by atoms with Crippen molar-refractivity contribution in [3.8, 4) is 0 Å². The lowest BCUT2D eigenvalue weighted by molar-refractivity contribution is 0.861. The van der Waals surface area contributed by atoms with Crippen LogP contribution in [0.4, 0.5) is 0 Å². The van der Waals surface area contributed by atoms with Gasteiger partial charge in [0.15, 0.2) is 0 Å². The van der Waals surface area contributed by atoms with E-state index in [-0.39, 0.29) is 6.04 Å². The Morgan fingerprint density at radius 1 is 1.58 bits per heavy atom. The van der Waals surface area contributed by atoms with Crippen LogP contribution in [0.15, 0.2) is 36.2 Å². The molecule has 0 aromatic carbocycles. The first-order chi connectivity index (χ1) is 5.70. The summed E-state index contributed by atoms with van der Waals surface area (Å²) in [6.45, 7) is 1.77. The monoisotopic (exact) mass is 163 g/mol. The molecular weight excluding hydrogens is 150 g/mol. The Morgan fingerprint density at radius 2 is 2.33 bits per heavy atom. The van der Waals surface area contributed by atoms with E-state index in [9.17, 15) is 0 Å². The second kappa shape index (κ2) is 3.76. The predicted octanol–water partition coefficient (Wildman–Crippen LogP) is 0.910. The maximum absolute atomic E-state index is 7.61. The van der Waals surface area contributed by atoms with Crippen LogP contribution in [-0.4, -0.2) is 11.8 Å². The third-order valence-electron chi connectivity index (χ3n) is 1.50. The molecule has 12 heavy (non-hydrogen) atoms. The first kappa shape index (κ1) is 8.59. The number of hydrogen-bond donors (Lipinski definition) is 3. The molecule has 1 atom stereocenters. The van der Waals surface area contributed by atoms with Gasteiger partial charge in [-0.25, -0.2) is 0 Å². The lowest BCUT2D eigenvalue weighted by Gasteiger charge is -2.14. The molecular formula is C9H13N3. The molecule has 3 nitrogen and oxygen atoms in total. The second-order valence-corrected chi connectivity index (χ2v) is 2.73. The molecule has 64 valence electrons. The van der Waals surface area contributed by atoms with Gasteiger partial charge < -0.3 is 16.5 Å². The Labute approximate surface area is 72.2 Å². The van der Waals surface area contributed by atoms with Crippen molar-refractivity contribution in [3.05, 3.63) is 36.2 Å². The van der Waals surface area contributed by atoms with Gasteiger partial charge >= 0.3 is 0 Å². The number of nitrogens with two attached hydrogens (primary N) is 1. The Bertz CT molecular complexity index is 257. The van der Waals surface area contributed by atoms with E-state index in [0.29, 0.717) is 11.4 Å². The summed E-state index contributed by atoms with van der Waals surface area (Å²) in [5, 5.41) is 10.6. The Kier molecular flexibility index (Phi) is 2.69. The highest BCUT2D eigenvalue weighted by atomic mass is 14.9. The highest BCUT2D eigenvalue weighted by molar-refractivity contribution is 5.98. The van der Waals surface area contributed by atoms with Gasteiger partial charge in [0.1, 0.15) is 0 Å². The highest BCUT2D eigenvalue weighted by Gasteiger charge is 2.07. The first-order valence-electron chi connectivity index (χ1n) is 3.82. The summed E-state index contributed by atoms with van der Waals surface area (Å²) in [7, 11) is 0. The Balaban J connectivity index is 2.60. The molecule has 4 N–H and O–H groups in total. The number of nitrogens with one attached hydrogen (secondary N) is 2. The van der Waals surface area contributed by atoms with Crippen molar-refractivity contribution in [2.45, 2.75) is 13.0 Å². The highest BCUT2D eigenvalue weighted by Crippen LogP contribution is 1.98. The fourth-order valence-electron chi connectivity index (χ4n) is 0.974. The van der Waals surface area contributed by atoms with E-state index in [2.05, 4.69) is 5.32 Å². The predicted molar refractivity (Wildman–Crippen MR) is 50.9 cm³/mol. The minimum absolute atomic E-state index is 0.0338. The van der Waals surface area contributed by atoms with E-state index in [0.717, 1.165) is 0 Å². The first-order valence-corrected chi connectivity index (χ1v) is 3.82. The maximum atomic E-state index is 7.61. The van der Waals surface area contributed by atoms with E-state index in [1.54, 1.807) is 13.0 Å². The largest absolute Gasteiger partial charge is 0.402 e. The summed E-state index contributed by atoms with van der Waals surface area (Å²) in [5.74, 6) is 0. The fourth-order valence-corrected chi connectivity index (χ4v) is 0.974. The molecule has 0 saturated carbocycles. The van der Waals surface area contributed by atoms with Crippen LogP contribution in [0.25, 0.3) is 0 Å². The van der Waals surface area contributed by atoms with Crippen molar-refractivity contribution in [2.75, 3.05) is 0 Å². The molecule has 1 rings (SSSR count). The smallest absolute Gasteiger partial charge is 0.0861 e. The van der Waals surface area contributed by atoms with Crippen LogP contribution in [0.2, 0.25) is 0 Å². The molecule has 0 spiro atoms. The van der Waals surface area contributed by atoms with Crippen LogP contribution in [0.3, 0.4) is 0 Å². The maximum Gasteiger partial charge on any atom is 0.0861 e. The van der Waals surface area contributed by atoms with Gasteiger partial charge in [-0.3, -0.25) is 0 Å². The van der Waals surface area contributed by atoms with E-state index < -0.39 is 0 Å². The van der Waals surface area contributed by atoms with Gasteiger partial charge in [0, 0.05) is 5.70 Å². The summed E-state index contributed by atoms with van der Waals surface area (Å²) in [4.78, 5) is 0. The number of allylic oxidation sites excluding steroid dienone is 3. The van der Waals surface area contributed by atoms with E-state index >= 15 is 0 Å². The molecule has 0 saturated heterocycles. The minimum atomic E-state index is -0.0338. The molecule has 0 radical (unpaired) electrons. The lowest BCUT2D eigenvalue weighted by atomic mass is 10.1. The summed E-state index contributed by atoms with van der Waals surface area (Å²) in [5.41, 5.74) is 6.59. The summed E-state index contributed by atoms with van der Waals surface area (Å²) >= 11 is 0. The lowest BCUT2D eigenvalue weighted by Crippen LogP contribution is -2.31. The van der Waals surface area contributed by atoms with Gasteiger partial charge in [0.25, 0.3) is 0 Å². The summed E-state index contributed by atoms with van der Waals surface area (Å²) < 4.78 is 0. The van der Waals surface area contributed by atoms with Gasteiger partial charge in [-0.05, 0) is 25.3 Å². The normalized spacial score (nSPS) is 22.1. The average molecular weight is 163 g/mol. The Morgan fingerprint density at radius 3 is 2.83 bits per heavy atom. The quantitative estimate of drug-likeness (QED) is 0.530. The molecule has 3 heteroatoms. The number of dihydropyridines is 1. The van der Waals surface area contributed by atoms with Crippen molar-refractivity contribution in [3.63, 3.8) is 0 Å². The van der Waals surface area contributed by atoms with Crippen LogP contribution >= 0.6 is 0 Å². The third kappa shape index (κ3) is 2.27. The van der Waals surface area contributed by atoms with Crippen LogP contribution in [0.5, 0.6) is 0 Å². The zero-order valence-corrected chi connectivity index (χ0v) is 7.04. The van der Waals surface area contributed by atoms with E-state index in [1.165, 1.54) is 0 Å². The zero-order valence-electron chi connectivity index (χ0n) is 7.04. The molecule has 0 amide bonds. The van der Waals surface area contributed by atoms with E-state index in [1.807, 2.05) is 24.4 Å². The molecule has 1 aliphatic heterocycles. The van der Waals surface area contributed by atoms with Crippen LogP contribution in [-0.2, 0) is 0 Å². The van der Waals surface area contributed by atoms with Gasteiger partial charge in [-0.15, -0.1) is 0 Å². The van der Waals surface area contributed by atoms with E-state index in [4.69, 9.17) is 11.1 Å². The van der Waals surface area contributed by atoms with Gasteiger partial charge in [-0.1, -0.05) is 12.2 Å². The third-order valence-corrected chi connectivity index (χ3v) is 1.50. The summed E-state index contributed by atoms with van der Waals surface area (Å²) in [6.07, 6.45) is 9.19. The summed E-state index contributed by atoms with van der Waals surface area (Å²) in [6, 6.07) is -0.0338. The van der Waals surface area contributed by atoms with Crippen molar-refractivity contribution < 1.29 is 0 Å². The number of rotatable bonds is 2.